The molecule has 0 aliphatic heterocycles. The van der Waals surface area contributed by atoms with Crippen LogP contribution in [0.4, 0.5) is 0 Å². The normalized spacial score (nSPS) is 5.83. The Morgan fingerprint density at radius 3 is 1.33 bits per heavy atom. The van der Waals surface area contributed by atoms with Gasteiger partial charge < -0.3 is 9.11 Å². The van der Waals surface area contributed by atoms with E-state index >= 15 is 0 Å². The molecule has 0 amide bonds. The van der Waals surface area contributed by atoms with Crippen LogP contribution in [0, 0.1) is 0 Å². The Morgan fingerprint density at radius 2 is 1.33 bits per heavy atom. The quantitative estimate of drug-likeness (QED) is 0.270. The molecule has 0 bridgehead atoms. The van der Waals surface area contributed by atoms with E-state index in [0.717, 1.165) is 0 Å². The van der Waals surface area contributed by atoms with Crippen LogP contribution in [0.15, 0.2) is 0 Å². The molecule has 3 nitrogen and oxygen atoms in total. The van der Waals surface area contributed by atoms with Crippen LogP contribution in [0.5, 0.6) is 0 Å². The van der Waals surface area contributed by atoms with E-state index in [0.29, 0.717) is 0 Å². The molecule has 0 saturated carbocycles. The summed E-state index contributed by atoms with van der Waals surface area (Å²) in [6.07, 6.45) is 0. The summed E-state index contributed by atoms with van der Waals surface area (Å²) in [7, 11) is 0. The second kappa shape index (κ2) is 9.62. The van der Waals surface area contributed by atoms with Gasteiger partial charge in [0.1, 0.15) is 0 Å². The molecule has 6 heavy (non-hydrogen) atoms. The van der Waals surface area contributed by atoms with E-state index in [1.807, 2.05) is 0 Å². The molecule has 0 aromatic rings. The van der Waals surface area contributed by atoms with Crippen molar-refractivity contribution in [1.29, 1.82) is 0 Å². The van der Waals surface area contributed by atoms with Crippen LogP contribution in [0.2, 0.25) is 0 Å². The summed E-state index contributed by atoms with van der Waals surface area (Å²) in [5.74, 6) is 0. The molecule has 0 aliphatic carbocycles. The third-order valence-electron chi connectivity index (χ3n) is 0. The SMILES string of the molecule is O=S([O-])[O-].[AlH3].[Mg+2]. The van der Waals surface area contributed by atoms with Crippen LogP contribution < -0.4 is 0 Å². The molecular weight excluding hydrogens is 131 g/mol. The van der Waals surface area contributed by atoms with Gasteiger partial charge in [-0.15, -0.1) is 11.4 Å². The standard InChI is InChI=1S/Al.Mg.H2O3S.3H/c;;1-4(2)3;;;/h;;(H2,1,2,3);;;/q;+2;;;;/p-2. The molecule has 0 aromatic carbocycles. The second-order valence-corrected chi connectivity index (χ2v) is 0.612. The molecule has 0 unspecified atom stereocenters. The van der Waals surface area contributed by atoms with Crippen molar-refractivity contribution in [1.82, 2.24) is 0 Å². The average molecular weight is 134 g/mol. The van der Waals surface area contributed by atoms with Gasteiger partial charge in [-0.1, -0.05) is 0 Å². The minimum absolute atomic E-state index is 0. The predicted molar refractivity (Wildman–Crippen MR) is 25.4 cm³/mol. The van der Waals surface area contributed by atoms with Crippen molar-refractivity contribution in [3.05, 3.63) is 0 Å². The van der Waals surface area contributed by atoms with Crippen molar-refractivity contribution in [2.24, 2.45) is 0 Å². The fourth-order valence-corrected chi connectivity index (χ4v) is 0. The molecule has 0 rings (SSSR count). The van der Waals surface area contributed by atoms with Crippen LogP contribution in [-0.2, 0) is 11.4 Å². The van der Waals surface area contributed by atoms with Gasteiger partial charge in [-0.05, 0) is 0 Å². The van der Waals surface area contributed by atoms with Gasteiger partial charge in [-0.2, -0.15) is 0 Å². The molecule has 0 radical (unpaired) electrons. The van der Waals surface area contributed by atoms with Gasteiger partial charge in [-0.25, -0.2) is 0 Å². The van der Waals surface area contributed by atoms with E-state index in [1.165, 1.54) is 0 Å². The zero-order valence-corrected chi connectivity index (χ0v) is 4.57. The first-order valence-corrected chi connectivity index (χ1v) is 1.50. The van der Waals surface area contributed by atoms with E-state index in [-0.39, 0.29) is 40.4 Å². The first-order valence-electron chi connectivity index (χ1n) is 0.500. The summed E-state index contributed by atoms with van der Waals surface area (Å²) in [5.41, 5.74) is 0. The van der Waals surface area contributed by atoms with E-state index in [9.17, 15) is 0 Å². The van der Waals surface area contributed by atoms with Gasteiger partial charge in [0, 0.05) is 0 Å². The molecular formula is H3AlMgO3S. The molecule has 0 N–H and O–H groups in total. The van der Waals surface area contributed by atoms with Crippen molar-refractivity contribution in [3.63, 3.8) is 0 Å². The summed E-state index contributed by atoms with van der Waals surface area (Å²) in [6, 6.07) is 0. The summed E-state index contributed by atoms with van der Waals surface area (Å²) in [5, 5.41) is 0. The van der Waals surface area contributed by atoms with E-state index in [1.54, 1.807) is 0 Å². The summed E-state index contributed by atoms with van der Waals surface area (Å²) < 4.78 is 25.3. The van der Waals surface area contributed by atoms with Crippen LogP contribution >= 0.6 is 0 Å². The zero-order valence-electron chi connectivity index (χ0n) is 2.34. The van der Waals surface area contributed by atoms with Crippen molar-refractivity contribution in [3.8, 4) is 0 Å². The van der Waals surface area contributed by atoms with Crippen molar-refractivity contribution < 1.29 is 13.3 Å². The Morgan fingerprint density at radius 1 is 1.33 bits per heavy atom. The molecule has 0 saturated heterocycles. The zero-order chi connectivity index (χ0) is 3.58. The predicted octanol–water partition coefficient (Wildman–Crippen LogP) is -2.57. The number of hydrogen-bond donors (Lipinski definition) is 0. The molecule has 6 heteroatoms. The topological polar surface area (TPSA) is 63.2 Å². The van der Waals surface area contributed by atoms with Crippen molar-refractivity contribution in [2.45, 2.75) is 0 Å². The minimum Gasteiger partial charge on any atom is -0.784 e. The minimum atomic E-state index is -3.11. The number of rotatable bonds is 0. The largest absolute Gasteiger partial charge is 2.00 e. The second-order valence-electron chi connectivity index (χ2n) is 0.204. The average Bonchev–Trinajstić information content (AvgIpc) is 0.811. The fourth-order valence-electron chi connectivity index (χ4n) is 0. The maximum Gasteiger partial charge on any atom is 2.00 e. The summed E-state index contributed by atoms with van der Waals surface area (Å²) >= 11 is -3.11. The first-order chi connectivity index (χ1) is 1.73. The van der Waals surface area contributed by atoms with Crippen molar-refractivity contribution >= 4 is 51.8 Å². The number of hydrogen-bond acceptors (Lipinski definition) is 3. The van der Waals surface area contributed by atoms with Gasteiger partial charge in [0.05, 0.1) is 0 Å². The summed E-state index contributed by atoms with van der Waals surface area (Å²) in [6.45, 7) is 0. The van der Waals surface area contributed by atoms with E-state index < -0.39 is 11.4 Å². The van der Waals surface area contributed by atoms with Gasteiger partial charge in [0.25, 0.3) is 0 Å². The molecule has 0 atom stereocenters. The Hall–Kier alpha value is 1.37. The Kier molecular flexibility index (Phi) is 25.1. The Labute approximate surface area is 64.9 Å². The van der Waals surface area contributed by atoms with Crippen LogP contribution in [0.1, 0.15) is 0 Å². The van der Waals surface area contributed by atoms with Crippen LogP contribution in [0.3, 0.4) is 0 Å². The molecule has 32 valence electrons. The molecule has 0 aliphatic rings. The first kappa shape index (κ1) is 15.7. The fraction of sp³-hybridized carbons (Fsp3) is 0. The third kappa shape index (κ3) is 54.7. The molecule has 0 spiro atoms. The maximum atomic E-state index is 8.44. The van der Waals surface area contributed by atoms with Crippen LogP contribution in [-0.4, -0.2) is 53.7 Å². The monoisotopic (exact) mass is 134 g/mol. The van der Waals surface area contributed by atoms with E-state index in [2.05, 4.69) is 0 Å². The Balaban J connectivity index is -0.0000000450. The molecule has 0 aromatic heterocycles. The smallest absolute Gasteiger partial charge is 0.784 e. The van der Waals surface area contributed by atoms with Crippen molar-refractivity contribution in [2.75, 3.05) is 0 Å². The maximum absolute atomic E-state index is 8.44. The van der Waals surface area contributed by atoms with E-state index in [4.69, 9.17) is 13.3 Å². The summed E-state index contributed by atoms with van der Waals surface area (Å²) in [4.78, 5) is 0. The molecule has 0 heterocycles. The third-order valence-corrected chi connectivity index (χ3v) is 0. The van der Waals surface area contributed by atoms with Gasteiger partial charge >= 0.3 is 23.1 Å². The van der Waals surface area contributed by atoms with Gasteiger partial charge in [-0.3, -0.25) is 4.21 Å². The molecule has 0 fully saturated rings. The van der Waals surface area contributed by atoms with Crippen LogP contribution in [0.25, 0.3) is 0 Å². The Bertz CT molecular complexity index is 33.8. The van der Waals surface area contributed by atoms with Gasteiger partial charge in [0.2, 0.25) is 0 Å². The van der Waals surface area contributed by atoms with Gasteiger partial charge in [0.15, 0.2) is 17.4 Å².